The Kier molecular flexibility index (Phi) is 10.4. The highest BCUT2D eigenvalue weighted by molar-refractivity contribution is 5.98. The highest BCUT2D eigenvalue weighted by atomic mass is 16.6. The smallest absolute Gasteiger partial charge is 0.312 e. The number of fused-ring (bicyclic) bond motifs is 1. The largest absolute Gasteiger partial charge is 0.460 e. The van der Waals surface area contributed by atoms with Crippen molar-refractivity contribution in [2.75, 3.05) is 19.7 Å². The molecule has 7 atom stereocenters. The molecule has 10 nitrogen and oxygen atoms in total. The molecule has 1 spiro atoms. The molecular formula is C36H43N3O7. The van der Waals surface area contributed by atoms with E-state index in [0.717, 1.165) is 5.56 Å². The van der Waals surface area contributed by atoms with Gasteiger partial charge in [0.2, 0.25) is 17.7 Å². The first kappa shape index (κ1) is 33.1. The van der Waals surface area contributed by atoms with Gasteiger partial charge in [-0.05, 0) is 37.3 Å². The standard InChI is InChI=1S/C36H43N3O7/c1-4-6-17-29(41)37-21-24(3)45-35(44)30-28-18-19-36(46-28)31(30)33(42)39(27(23-40)26-15-11-8-12-16-26)32(36)34(43)38(20-5-2)22-25-13-9-7-10-14-25/h4-5,7-16,24,27-28,30-32,40H,1-2,6,17-23H2,3H3,(H,37,41)/t24-,27+,28-,30+,31+,32-,36+/m0/s1. The number of esters is 1. The van der Waals surface area contributed by atoms with E-state index < -0.39 is 60.2 Å². The predicted octanol–water partition coefficient (Wildman–Crippen LogP) is 3.32. The number of carbonyl (C=O) groups is 4. The fourth-order valence-electron chi connectivity index (χ4n) is 7.27. The second-order valence-corrected chi connectivity index (χ2v) is 12.3. The molecule has 10 heteroatoms. The summed E-state index contributed by atoms with van der Waals surface area (Å²) < 4.78 is 12.4. The maximum absolute atomic E-state index is 14.7. The zero-order chi connectivity index (χ0) is 32.8. The van der Waals surface area contributed by atoms with Crippen molar-refractivity contribution in [3.8, 4) is 0 Å². The molecule has 0 aliphatic carbocycles. The summed E-state index contributed by atoms with van der Waals surface area (Å²) >= 11 is 0. The number of aliphatic hydroxyl groups is 1. The number of amides is 3. The highest BCUT2D eigenvalue weighted by Gasteiger charge is 2.75. The molecule has 46 heavy (non-hydrogen) atoms. The van der Waals surface area contributed by atoms with E-state index in [4.69, 9.17) is 9.47 Å². The van der Waals surface area contributed by atoms with Gasteiger partial charge in [0.15, 0.2) is 0 Å². The molecule has 244 valence electrons. The van der Waals surface area contributed by atoms with E-state index in [1.54, 1.807) is 24.0 Å². The number of benzene rings is 2. The van der Waals surface area contributed by atoms with Gasteiger partial charge in [-0.3, -0.25) is 19.2 Å². The fraction of sp³-hybridized carbons (Fsp3) is 0.444. The van der Waals surface area contributed by atoms with Gasteiger partial charge >= 0.3 is 5.97 Å². The van der Waals surface area contributed by atoms with Crippen LogP contribution in [0.3, 0.4) is 0 Å². The molecule has 2 aromatic rings. The molecule has 2 bridgehead atoms. The monoisotopic (exact) mass is 629 g/mol. The van der Waals surface area contributed by atoms with Crippen LogP contribution in [-0.2, 0) is 35.2 Å². The van der Waals surface area contributed by atoms with Crippen LogP contribution in [0.5, 0.6) is 0 Å². The number of carbonyl (C=O) groups excluding carboxylic acids is 4. The molecule has 3 fully saturated rings. The van der Waals surface area contributed by atoms with Crippen LogP contribution >= 0.6 is 0 Å². The molecule has 3 saturated heterocycles. The van der Waals surface area contributed by atoms with E-state index in [-0.39, 0.29) is 37.9 Å². The van der Waals surface area contributed by atoms with Crippen molar-refractivity contribution < 1.29 is 33.8 Å². The van der Waals surface area contributed by atoms with Crippen molar-refractivity contribution in [2.24, 2.45) is 11.8 Å². The third kappa shape index (κ3) is 6.37. The average Bonchev–Trinajstić information content (AvgIpc) is 3.71. The summed E-state index contributed by atoms with van der Waals surface area (Å²) in [5.41, 5.74) is 0.302. The molecular weight excluding hydrogens is 586 g/mol. The Labute approximate surface area is 270 Å². The maximum Gasteiger partial charge on any atom is 0.312 e. The summed E-state index contributed by atoms with van der Waals surface area (Å²) in [5.74, 6) is -3.44. The molecule has 3 heterocycles. The molecule has 5 rings (SSSR count). The molecule has 2 N–H and O–H groups in total. The topological polar surface area (TPSA) is 125 Å². The lowest BCUT2D eigenvalue weighted by atomic mass is 9.70. The molecule has 3 aliphatic heterocycles. The first-order chi connectivity index (χ1) is 22.2. The minimum absolute atomic E-state index is 0.119. The van der Waals surface area contributed by atoms with E-state index in [9.17, 15) is 24.3 Å². The Morgan fingerprint density at radius 3 is 2.48 bits per heavy atom. The number of nitrogens with zero attached hydrogens (tertiary/aromatic N) is 2. The second-order valence-electron chi connectivity index (χ2n) is 12.3. The number of likely N-dealkylation sites (tertiary alicyclic amines) is 1. The molecule has 3 aliphatic rings. The number of aliphatic hydroxyl groups excluding tert-OH is 1. The van der Waals surface area contributed by atoms with Gasteiger partial charge in [-0.2, -0.15) is 0 Å². The van der Waals surface area contributed by atoms with Crippen LogP contribution in [0, 0.1) is 11.8 Å². The van der Waals surface area contributed by atoms with Gasteiger partial charge in [0.1, 0.15) is 17.7 Å². The molecule has 0 saturated carbocycles. The molecule has 0 unspecified atom stereocenters. The van der Waals surface area contributed by atoms with E-state index in [2.05, 4.69) is 18.5 Å². The van der Waals surface area contributed by atoms with Crippen molar-refractivity contribution >= 4 is 23.7 Å². The number of rotatable bonds is 15. The SMILES string of the molecule is C=CCCC(=O)NC[C@H](C)OC(=O)[C@@H]1[C@@H]2CC[C@]3(O2)[C@H](C(=O)N(CC=C)Cc2ccccc2)N([C@H](CO)c2ccccc2)C(=O)[C@@H]13. The van der Waals surface area contributed by atoms with Gasteiger partial charge in [-0.1, -0.05) is 72.8 Å². The summed E-state index contributed by atoms with van der Waals surface area (Å²) in [6.07, 6.45) is 3.75. The van der Waals surface area contributed by atoms with E-state index in [1.807, 2.05) is 60.7 Å². The molecule has 0 radical (unpaired) electrons. The summed E-state index contributed by atoms with van der Waals surface area (Å²) in [6, 6.07) is 16.7. The average molecular weight is 630 g/mol. The minimum Gasteiger partial charge on any atom is -0.460 e. The molecule has 2 aromatic carbocycles. The zero-order valence-corrected chi connectivity index (χ0v) is 26.3. The fourth-order valence-corrected chi connectivity index (χ4v) is 7.27. The zero-order valence-electron chi connectivity index (χ0n) is 26.3. The quantitative estimate of drug-likeness (QED) is 0.229. The second kappa shape index (κ2) is 14.4. The summed E-state index contributed by atoms with van der Waals surface area (Å²) in [4.78, 5) is 58.2. The van der Waals surface area contributed by atoms with Crippen LogP contribution in [0.15, 0.2) is 86.0 Å². The lowest BCUT2D eigenvalue weighted by molar-refractivity contribution is -0.160. The van der Waals surface area contributed by atoms with Crippen LogP contribution in [0.2, 0.25) is 0 Å². The maximum atomic E-state index is 14.7. The predicted molar refractivity (Wildman–Crippen MR) is 171 cm³/mol. The lowest BCUT2D eigenvalue weighted by Crippen LogP contribution is -2.57. The minimum atomic E-state index is -1.27. The Bertz CT molecular complexity index is 1430. The first-order valence-corrected chi connectivity index (χ1v) is 15.9. The van der Waals surface area contributed by atoms with Crippen LogP contribution in [-0.4, -0.2) is 82.1 Å². The van der Waals surface area contributed by atoms with Crippen molar-refractivity contribution in [3.63, 3.8) is 0 Å². The van der Waals surface area contributed by atoms with Gasteiger partial charge in [0.25, 0.3) is 0 Å². The van der Waals surface area contributed by atoms with Crippen LogP contribution in [0.4, 0.5) is 0 Å². The number of nitrogens with one attached hydrogen (secondary N) is 1. The molecule has 0 aromatic heterocycles. The van der Waals surface area contributed by atoms with Crippen LogP contribution in [0.25, 0.3) is 0 Å². The third-order valence-electron chi connectivity index (χ3n) is 9.29. The molecule has 3 amide bonds. The van der Waals surface area contributed by atoms with Crippen molar-refractivity contribution in [1.82, 2.24) is 15.1 Å². The number of allylic oxidation sites excluding steroid dienone is 1. The van der Waals surface area contributed by atoms with Gasteiger partial charge in [-0.25, -0.2) is 0 Å². The van der Waals surface area contributed by atoms with E-state index in [1.165, 1.54) is 4.90 Å². The Morgan fingerprint density at radius 1 is 1.13 bits per heavy atom. The van der Waals surface area contributed by atoms with Gasteiger partial charge in [0.05, 0.1) is 37.1 Å². The Balaban J connectivity index is 1.47. The van der Waals surface area contributed by atoms with Gasteiger partial charge < -0.3 is 29.7 Å². The Morgan fingerprint density at radius 2 is 1.83 bits per heavy atom. The number of hydrogen-bond acceptors (Lipinski definition) is 7. The van der Waals surface area contributed by atoms with Crippen molar-refractivity contribution in [1.29, 1.82) is 0 Å². The summed E-state index contributed by atoms with van der Waals surface area (Å²) in [6.45, 7) is 9.36. The normalized spacial score (nSPS) is 25.8. The third-order valence-corrected chi connectivity index (χ3v) is 9.29. The lowest BCUT2D eigenvalue weighted by Gasteiger charge is -2.39. The van der Waals surface area contributed by atoms with E-state index >= 15 is 0 Å². The van der Waals surface area contributed by atoms with Crippen LogP contribution in [0.1, 0.15) is 49.8 Å². The number of ether oxygens (including phenoxy) is 2. The summed E-state index contributed by atoms with van der Waals surface area (Å²) in [7, 11) is 0. The van der Waals surface area contributed by atoms with Gasteiger partial charge in [0, 0.05) is 19.5 Å². The van der Waals surface area contributed by atoms with Gasteiger partial charge in [-0.15, -0.1) is 13.2 Å². The van der Waals surface area contributed by atoms with Crippen LogP contribution < -0.4 is 5.32 Å². The first-order valence-electron chi connectivity index (χ1n) is 15.9. The summed E-state index contributed by atoms with van der Waals surface area (Å²) in [5, 5.41) is 13.5. The Hall–Kier alpha value is -4.28. The van der Waals surface area contributed by atoms with Crippen molar-refractivity contribution in [3.05, 3.63) is 97.1 Å². The van der Waals surface area contributed by atoms with E-state index in [0.29, 0.717) is 24.8 Å². The van der Waals surface area contributed by atoms with Crippen molar-refractivity contribution in [2.45, 2.75) is 69.0 Å². The number of hydrogen-bond donors (Lipinski definition) is 2. The highest BCUT2D eigenvalue weighted by Crippen LogP contribution is 2.60.